The molecule has 0 radical (unpaired) electrons. The second-order valence-corrected chi connectivity index (χ2v) is 5.55. The Morgan fingerprint density at radius 3 is 2.45 bits per heavy atom. The molecule has 2 atom stereocenters. The lowest BCUT2D eigenvalue weighted by Crippen LogP contribution is -2.48. The summed E-state index contributed by atoms with van der Waals surface area (Å²) >= 11 is 0. The van der Waals surface area contributed by atoms with E-state index in [9.17, 15) is 4.79 Å². The predicted octanol–water partition coefficient (Wildman–Crippen LogP) is 3.00. The molecule has 2 N–H and O–H groups in total. The minimum absolute atomic E-state index is 0. The van der Waals surface area contributed by atoms with Gasteiger partial charge >= 0.3 is 0 Å². The SMILES string of the molecule is CC(NC(=O)C1Cc2ccccc2CN1)c1ccccc1.Cl. The van der Waals surface area contributed by atoms with Gasteiger partial charge in [-0.05, 0) is 30.0 Å². The van der Waals surface area contributed by atoms with Gasteiger partial charge in [-0.25, -0.2) is 0 Å². The maximum Gasteiger partial charge on any atom is 0.237 e. The number of carbonyl (C=O) groups excluding carboxylic acids is 1. The molecule has 0 spiro atoms. The van der Waals surface area contributed by atoms with Crippen molar-refractivity contribution in [2.45, 2.75) is 32.0 Å². The van der Waals surface area contributed by atoms with Gasteiger partial charge in [-0.2, -0.15) is 0 Å². The number of rotatable bonds is 3. The topological polar surface area (TPSA) is 41.1 Å². The van der Waals surface area contributed by atoms with Gasteiger partial charge in [-0.3, -0.25) is 4.79 Å². The molecule has 3 rings (SSSR count). The van der Waals surface area contributed by atoms with Crippen molar-refractivity contribution in [3.8, 4) is 0 Å². The summed E-state index contributed by atoms with van der Waals surface area (Å²) in [6.45, 7) is 2.78. The maximum atomic E-state index is 12.4. The Hall–Kier alpha value is -1.84. The van der Waals surface area contributed by atoms with Crippen LogP contribution in [0.3, 0.4) is 0 Å². The molecule has 0 aromatic heterocycles. The van der Waals surface area contributed by atoms with E-state index in [0.29, 0.717) is 0 Å². The van der Waals surface area contributed by atoms with Crippen LogP contribution in [0.1, 0.15) is 29.7 Å². The van der Waals surface area contributed by atoms with Crippen molar-refractivity contribution in [1.29, 1.82) is 0 Å². The number of carbonyl (C=O) groups is 1. The summed E-state index contributed by atoms with van der Waals surface area (Å²) in [6, 6.07) is 18.2. The Kier molecular flexibility index (Phi) is 5.58. The second-order valence-electron chi connectivity index (χ2n) is 5.55. The van der Waals surface area contributed by atoms with E-state index in [1.54, 1.807) is 0 Å². The zero-order valence-electron chi connectivity index (χ0n) is 12.6. The molecule has 1 amide bonds. The number of amides is 1. The summed E-state index contributed by atoms with van der Waals surface area (Å²) in [5.41, 5.74) is 3.68. The number of fused-ring (bicyclic) bond motifs is 1. The highest BCUT2D eigenvalue weighted by molar-refractivity contribution is 5.85. The molecule has 0 bridgehead atoms. The van der Waals surface area contributed by atoms with Crippen LogP contribution in [0.15, 0.2) is 54.6 Å². The minimum atomic E-state index is -0.147. The molecule has 2 unspecified atom stereocenters. The van der Waals surface area contributed by atoms with Gasteiger partial charge in [0.2, 0.25) is 5.91 Å². The third kappa shape index (κ3) is 3.67. The maximum absolute atomic E-state index is 12.4. The Labute approximate surface area is 137 Å². The first kappa shape index (κ1) is 16.5. The first-order valence-corrected chi connectivity index (χ1v) is 7.39. The molecule has 3 nitrogen and oxygen atoms in total. The Morgan fingerprint density at radius 2 is 1.73 bits per heavy atom. The number of nitrogens with one attached hydrogen (secondary N) is 2. The largest absolute Gasteiger partial charge is 0.348 e. The summed E-state index contributed by atoms with van der Waals surface area (Å²) in [6.07, 6.45) is 0.753. The van der Waals surface area contributed by atoms with Crippen LogP contribution in [-0.2, 0) is 17.8 Å². The minimum Gasteiger partial charge on any atom is -0.348 e. The molecule has 0 saturated heterocycles. The smallest absolute Gasteiger partial charge is 0.237 e. The van der Waals surface area contributed by atoms with Crippen molar-refractivity contribution >= 4 is 18.3 Å². The van der Waals surface area contributed by atoms with Crippen LogP contribution in [0, 0.1) is 0 Å². The number of hydrogen-bond acceptors (Lipinski definition) is 2. The lowest BCUT2D eigenvalue weighted by Gasteiger charge is -2.26. The molecule has 4 heteroatoms. The molecule has 2 aromatic rings. The third-order valence-corrected chi connectivity index (χ3v) is 4.06. The summed E-state index contributed by atoms with van der Waals surface area (Å²) < 4.78 is 0. The summed E-state index contributed by atoms with van der Waals surface area (Å²) in [7, 11) is 0. The summed E-state index contributed by atoms with van der Waals surface area (Å²) in [4.78, 5) is 12.4. The van der Waals surface area contributed by atoms with Gasteiger partial charge in [-0.15, -0.1) is 12.4 Å². The lowest BCUT2D eigenvalue weighted by atomic mass is 9.95. The average Bonchev–Trinajstić information content (AvgIpc) is 2.55. The summed E-state index contributed by atoms with van der Waals surface area (Å²) in [5.74, 6) is 0.0702. The van der Waals surface area contributed by atoms with Crippen molar-refractivity contribution in [3.63, 3.8) is 0 Å². The van der Waals surface area contributed by atoms with Gasteiger partial charge in [-0.1, -0.05) is 54.6 Å². The fourth-order valence-corrected chi connectivity index (χ4v) is 2.78. The lowest BCUT2D eigenvalue weighted by molar-refractivity contribution is -0.124. The van der Waals surface area contributed by atoms with E-state index in [1.807, 2.05) is 49.4 Å². The van der Waals surface area contributed by atoms with Crippen molar-refractivity contribution in [2.24, 2.45) is 0 Å². The van der Waals surface area contributed by atoms with E-state index in [1.165, 1.54) is 11.1 Å². The number of hydrogen-bond donors (Lipinski definition) is 2. The van der Waals surface area contributed by atoms with Gasteiger partial charge in [0.05, 0.1) is 12.1 Å². The molecule has 1 heterocycles. The van der Waals surface area contributed by atoms with Crippen LogP contribution in [0.25, 0.3) is 0 Å². The quantitative estimate of drug-likeness (QED) is 0.914. The molecule has 1 aliphatic heterocycles. The normalized spacial score (nSPS) is 17.8. The number of halogens is 1. The third-order valence-electron chi connectivity index (χ3n) is 4.06. The monoisotopic (exact) mass is 316 g/mol. The standard InChI is InChI=1S/C18H20N2O.ClH/c1-13(14-7-3-2-4-8-14)20-18(21)17-11-15-9-5-6-10-16(15)12-19-17;/h2-10,13,17,19H,11-12H2,1H3,(H,20,21);1H. The van der Waals surface area contributed by atoms with Gasteiger partial charge in [0.25, 0.3) is 0 Å². The predicted molar refractivity (Wildman–Crippen MR) is 91.0 cm³/mol. The molecule has 0 saturated carbocycles. The van der Waals surface area contributed by atoms with E-state index in [4.69, 9.17) is 0 Å². The molecular formula is C18H21ClN2O. The molecule has 22 heavy (non-hydrogen) atoms. The van der Waals surface area contributed by atoms with Gasteiger partial charge in [0, 0.05) is 6.54 Å². The highest BCUT2D eigenvalue weighted by atomic mass is 35.5. The van der Waals surface area contributed by atoms with Crippen LogP contribution < -0.4 is 10.6 Å². The molecule has 0 fully saturated rings. The fraction of sp³-hybridized carbons (Fsp3) is 0.278. The highest BCUT2D eigenvalue weighted by Gasteiger charge is 2.24. The van der Waals surface area contributed by atoms with E-state index >= 15 is 0 Å². The van der Waals surface area contributed by atoms with Crippen molar-refractivity contribution in [2.75, 3.05) is 0 Å². The van der Waals surface area contributed by atoms with Crippen LogP contribution >= 0.6 is 12.4 Å². The molecule has 116 valence electrons. The number of benzene rings is 2. The van der Waals surface area contributed by atoms with E-state index in [0.717, 1.165) is 18.5 Å². The van der Waals surface area contributed by atoms with Gasteiger partial charge < -0.3 is 10.6 Å². The van der Waals surface area contributed by atoms with E-state index in [-0.39, 0.29) is 30.4 Å². The Balaban J connectivity index is 0.00000176. The van der Waals surface area contributed by atoms with E-state index in [2.05, 4.69) is 22.8 Å². The van der Waals surface area contributed by atoms with Crippen LogP contribution in [0.2, 0.25) is 0 Å². The molecular weight excluding hydrogens is 296 g/mol. The average molecular weight is 317 g/mol. The van der Waals surface area contributed by atoms with Crippen LogP contribution in [0.4, 0.5) is 0 Å². The first-order chi connectivity index (χ1) is 10.2. The Morgan fingerprint density at radius 1 is 1.09 bits per heavy atom. The molecule has 0 aliphatic carbocycles. The molecule has 1 aliphatic rings. The van der Waals surface area contributed by atoms with Crippen molar-refractivity contribution < 1.29 is 4.79 Å². The van der Waals surface area contributed by atoms with Gasteiger partial charge in [0.1, 0.15) is 0 Å². The van der Waals surface area contributed by atoms with Crippen molar-refractivity contribution in [3.05, 3.63) is 71.3 Å². The van der Waals surface area contributed by atoms with Crippen molar-refractivity contribution in [1.82, 2.24) is 10.6 Å². The molecule has 2 aromatic carbocycles. The second kappa shape index (κ2) is 7.43. The van der Waals surface area contributed by atoms with Gasteiger partial charge in [0.15, 0.2) is 0 Å². The summed E-state index contributed by atoms with van der Waals surface area (Å²) in [5, 5.41) is 6.42. The zero-order chi connectivity index (χ0) is 14.7. The van der Waals surface area contributed by atoms with Crippen LogP contribution in [-0.4, -0.2) is 11.9 Å². The zero-order valence-corrected chi connectivity index (χ0v) is 13.4. The fourth-order valence-electron chi connectivity index (χ4n) is 2.78. The van der Waals surface area contributed by atoms with Crippen LogP contribution in [0.5, 0.6) is 0 Å². The Bertz CT molecular complexity index is 630. The van der Waals surface area contributed by atoms with E-state index < -0.39 is 0 Å². The highest BCUT2D eigenvalue weighted by Crippen LogP contribution is 2.17. The first-order valence-electron chi connectivity index (χ1n) is 7.39.